The third kappa shape index (κ3) is 7.85. The molecular weight excluding hydrogens is 300 g/mol. The van der Waals surface area contributed by atoms with Gasteiger partial charge >= 0.3 is 5.97 Å². The van der Waals surface area contributed by atoms with Crippen molar-refractivity contribution < 1.29 is 24.2 Å². The van der Waals surface area contributed by atoms with Crippen molar-refractivity contribution in [2.24, 2.45) is 5.92 Å². The fraction of sp³-hybridized carbons (Fsp3) is 0.438. The highest BCUT2D eigenvalue weighted by atomic mass is 16.5. The molecule has 0 bridgehead atoms. The van der Waals surface area contributed by atoms with Crippen molar-refractivity contribution >= 4 is 17.8 Å². The molecule has 0 saturated carbocycles. The summed E-state index contributed by atoms with van der Waals surface area (Å²) in [6.45, 7) is 4.68. The maximum Gasteiger partial charge on any atom is 0.303 e. The Bertz CT molecular complexity index is 540. The second-order valence-electron chi connectivity index (χ2n) is 5.48. The van der Waals surface area contributed by atoms with Crippen molar-refractivity contribution in [1.82, 2.24) is 10.9 Å². The summed E-state index contributed by atoms with van der Waals surface area (Å²) >= 11 is 0. The Balaban J connectivity index is 2.36. The van der Waals surface area contributed by atoms with Crippen molar-refractivity contribution in [2.75, 3.05) is 6.61 Å². The number of hydrogen-bond donors (Lipinski definition) is 3. The van der Waals surface area contributed by atoms with Crippen LogP contribution in [0.15, 0.2) is 24.3 Å². The fourth-order valence-corrected chi connectivity index (χ4v) is 1.63. The molecule has 3 N–H and O–H groups in total. The summed E-state index contributed by atoms with van der Waals surface area (Å²) in [5, 5.41) is 8.47. The first-order valence-corrected chi connectivity index (χ1v) is 7.42. The quantitative estimate of drug-likeness (QED) is 0.632. The van der Waals surface area contributed by atoms with Gasteiger partial charge in [-0.3, -0.25) is 25.2 Å². The van der Waals surface area contributed by atoms with Gasteiger partial charge in [0.15, 0.2) is 0 Å². The van der Waals surface area contributed by atoms with Crippen LogP contribution < -0.4 is 15.6 Å². The van der Waals surface area contributed by atoms with Crippen LogP contribution in [0.1, 0.15) is 43.5 Å². The van der Waals surface area contributed by atoms with Gasteiger partial charge in [-0.25, -0.2) is 0 Å². The Hall–Kier alpha value is -2.57. The molecule has 0 aromatic heterocycles. The smallest absolute Gasteiger partial charge is 0.303 e. The molecule has 0 atom stereocenters. The molecule has 0 heterocycles. The molecule has 0 spiro atoms. The summed E-state index contributed by atoms with van der Waals surface area (Å²) in [4.78, 5) is 33.6. The topological polar surface area (TPSA) is 105 Å². The highest BCUT2D eigenvalue weighted by Crippen LogP contribution is 2.13. The summed E-state index contributed by atoms with van der Waals surface area (Å²) < 4.78 is 5.51. The van der Waals surface area contributed by atoms with Gasteiger partial charge in [-0.2, -0.15) is 0 Å². The maximum absolute atomic E-state index is 11.8. The van der Waals surface area contributed by atoms with Gasteiger partial charge in [0.05, 0.1) is 6.61 Å². The van der Waals surface area contributed by atoms with Crippen LogP contribution in [0.25, 0.3) is 0 Å². The van der Waals surface area contributed by atoms with Crippen LogP contribution in [0.4, 0.5) is 0 Å². The minimum Gasteiger partial charge on any atom is -0.493 e. The number of amides is 2. The number of carboxylic acid groups (broad SMARTS) is 1. The molecule has 1 rings (SSSR count). The number of carboxylic acids is 1. The third-order valence-electron chi connectivity index (χ3n) is 2.81. The first kappa shape index (κ1) is 18.5. The van der Waals surface area contributed by atoms with Crippen LogP contribution in [0.5, 0.6) is 5.75 Å². The number of nitrogens with one attached hydrogen (secondary N) is 2. The van der Waals surface area contributed by atoms with Crippen LogP contribution in [0.2, 0.25) is 0 Å². The van der Waals surface area contributed by atoms with Crippen molar-refractivity contribution in [3.8, 4) is 5.75 Å². The van der Waals surface area contributed by atoms with E-state index in [4.69, 9.17) is 9.84 Å². The van der Waals surface area contributed by atoms with Crippen LogP contribution in [-0.4, -0.2) is 29.5 Å². The average molecular weight is 322 g/mol. The molecule has 0 radical (unpaired) electrons. The Morgan fingerprint density at radius 3 is 2.30 bits per heavy atom. The van der Waals surface area contributed by atoms with Crippen LogP contribution in [-0.2, 0) is 9.59 Å². The minimum atomic E-state index is -0.957. The summed E-state index contributed by atoms with van der Waals surface area (Å²) in [5.74, 6) is -0.757. The van der Waals surface area contributed by atoms with Gasteiger partial charge in [-0.15, -0.1) is 0 Å². The SMILES string of the molecule is CC(C)COc1ccc(C(=O)NNC(=O)CCCC(=O)O)cc1. The normalized spacial score (nSPS) is 10.2. The molecule has 7 heteroatoms. The Kier molecular flexibility index (Phi) is 7.59. The molecule has 1 aromatic rings. The van der Waals surface area contributed by atoms with E-state index >= 15 is 0 Å². The van der Waals surface area contributed by atoms with Gasteiger partial charge < -0.3 is 9.84 Å². The monoisotopic (exact) mass is 322 g/mol. The van der Waals surface area contributed by atoms with E-state index < -0.39 is 17.8 Å². The Morgan fingerprint density at radius 1 is 1.09 bits per heavy atom. The molecule has 23 heavy (non-hydrogen) atoms. The van der Waals surface area contributed by atoms with Crippen LogP contribution >= 0.6 is 0 Å². The van der Waals surface area contributed by atoms with Gasteiger partial charge in [0.1, 0.15) is 5.75 Å². The number of rotatable bonds is 8. The van der Waals surface area contributed by atoms with Crippen molar-refractivity contribution in [3.05, 3.63) is 29.8 Å². The zero-order valence-electron chi connectivity index (χ0n) is 13.3. The van der Waals surface area contributed by atoms with E-state index in [1.165, 1.54) is 0 Å². The molecule has 0 aliphatic carbocycles. The average Bonchev–Trinajstić information content (AvgIpc) is 2.50. The summed E-state index contributed by atoms with van der Waals surface area (Å²) in [6.07, 6.45) is 0.173. The first-order chi connectivity index (χ1) is 10.9. The predicted octanol–water partition coefficient (Wildman–Crippen LogP) is 1.74. The second-order valence-corrected chi connectivity index (χ2v) is 5.48. The molecule has 0 fully saturated rings. The maximum atomic E-state index is 11.8. The highest BCUT2D eigenvalue weighted by molar-refractivity contribution is 5.95. The molecule has 126 valence electrons. The Morgan fingerprint density at radius 2 is 1.74 bits per heavy atom. The predicted molar refractivity (Wildman–Crippen MR) is 83.9 cm³/mol. The summed E-state index contributed by atoms with van der Waals surface area (Å²) in [7, 11) is 0. The number of hydrogen-bond acceptors (Lipinski definition) is 4. The zero-order valence-corrected chi connectivity index (χ0v) is 13.3. The van der Waals surface area contributed by atoms with Crippen molar-refractivity contribution in [3.63, 3.8) is 0 Å². The highest BCUT2D eigenvalue weighted by Gasteiger charge is 2.08. The second kappa shape index (κ2) is 9.45. The van der Waals surface area contributed by atoms with Crippen LogP contribution in [0, 0.1) is 5.92 Å². The lowest BCUT2D eigenvalue weighted by atomic mass is 10.2. The van der Waals surface area contributed by atoms with E-state index in [0.717, 1.165) is 0 Å². The molecule has 0 saturated heterocycles. The van der Waals surface area contributed by atoms with Gasteiger partial charge in [0.25, 0.3) is 5.91 Å². The van der Waals surface area contributed by atoms with Crippen molar-refractivity contribution in [2.45, 2.75) is 33.1 Å². The lowest BCUT2D eigenvalue weighted by Crippen LogP contribution is -2.41. The van der Waals surface area contributed by atoms with E-state index in [1.54, 1.807) is 24.3 Å². The first-order valence-electron chi connectivity index (χ1n) is 7.42. The molecule has 0 aliphatic heterocycles. The van der Waals surface area contributed by atoms with E-state index in [-0.39, 0.29) is 19.3 Å². The molecule has 1 aromatic carbocycles. The number of hydrazine groups is 1. The van der Waals surface area contributed by atoms with Gasteiger partial charge in [0, 0.05) is 18.4 Å². The molecule has 0 unspecified atom stereocenters. The molecule has 7 nitrogen and oxygen atoms in total. The van der Waals surface area contributed by atoms with E-state index in [9.17, 15) is 14.4 Å². The minimum absolute atomic E-state index is 0.0363. The van der Waals surface area contributed by atoms with Gasteiger partial charge in [0.2, 0.25) is 5.91 Å². The molecule has 0 aliphatic rings. The van der Waals surface area contributed by atoms with E-state index in [1.807, 2.05) is 13.8 Å². The molecule has 2 amide bonds. The largest absolute Gasteiger partial charge is 0.493 e. The lowest BCUT2D eigenvalue weighted by molar-refractivity contribution is -0.137. The molecular formula is C16H22N2O5. The lowest BCUT2D eigenvalue weighted by Gasteiger charge is -2.10. The van der Waals surface area contributed by atoms with Gasteiger partial charge in [-0.05, 0) is 36.6 Å². The van der Waals surface area contributed by atoms with Gasteiger partial charge in [-0.1, -0.05) is 13.8 Å². The number of aliphatic carboxylic acids is 1. The zero-order chi connectivity index (χ0) is 17.2. The standard InChI is InChI=1S/C16H22N2O5/c1-11(2)10-23-13-8-6-12(7-9-13)16(22)18-17-14(19)4-3-5-15(20)21/h6-9,11H,3-5,10H2,1-2H3,(H,17,19)(H,18,22)(H,20,21). The third-order valence-corrected chi connectivity index (χ3v) is 2.81. The van der Waals surface area contributed by atoms with E-state index in [0.29, 0.717) is 23.8 Å². The fourth-order valence-electron chi connectivity index (χ4n) is 1.63. The number of benzene rings is 1. The number of carbonyl (C=O) groups excluding carboxylic acids is 2. The van der Waals surface area contributed by atoms with E-state index in [2.05, 4.69) is 10.9 Å². The summed E-state index contributed by atoms with van der Waals surface area (Å²) in [5.41, 5.74) is 4.91. The van der Waals surface area contributed by atoms with Crippen LogP contribution in [0.3, 0.4) is 0 Å². The number of ether oxygens (including phenoxy) is 1. The van der Waals surface area contributed by atoms with Crippen molar-refractivity contribution in [1.29, 1.82) is 0 Å². The number of carbonyl (C=O) groups is 3. The summed E-state index contributed by atoms with van der Waals surface area (Å²) in [6, 6.07) is 6.57. The Labute approximate surface area is 135 Å².